The highest BCUT2D eigenvalue weighted by atomic mass is 15.0. The average molecular weight is 272 g/mol. The molecule has 4 nitrogen and oxygen atoms in total. The molecule has 1 unspecified atom stereocenters. The summed E-state index contributed by atoms with van der Waals surface area (Å²) in [5.41, 5.74) is 12.0. The van der Waals surface area contributed by atoms with Gasteiger partial charge in [-0.2, -0.15) is 0 Å². The molecule has 0 spiro atoms. The second kappa shape index (κ2) is 4.77. The van der Waals surface area contributed by atoms with Crippen LogP contribution < -0.4 is 5.73 Å². The number of imidazole rings is 1. The molecular weight excluding hydrogens is 248 g/mol. The van der Waals surface area contributed by atoms with Crippen LogP contribution in [0.3, 0.4) is 0 Å². The molecule has 108 valence electrons. The Bertz CT molecular complexity index is 592. The molecule has 20 heavy (non-hydrogen) atoms. The van der Waals surface area contributed by atoms with Crippen LogP contribution in [0, 0.1) is 12.3 Å². The molecule has 0 saturated heterocycles. The topological polar surface area (TPSA) is 59.6 Å². The lowest BCUT2D eigenvalue weighted by atomic mass is 9.74. The van der Waals surface area contributed by atoms with Gasteiger partial charge < -0.3 is 15.3 Å². The molecule has 4 heteroatoms. The number of rotatable bonds is 3. The quantitative estimate of drug-likeness (QED) is 0.902. The molecule has 1 atom stereocenters. The number of nitrogens with one attached hydrogen (secondary N) is 1. The number of nitrogens with two attached hydrogens (primary N) is 1. The van der Waals surface area contributed by atoms with Crippen molar-refractivity contribution in [3.63, 3.8) is 0 Å². The first-order valence-corrected chi connectivity index (χ1v) is 7.38. The number of fused-ring (bicyclic) bond motifs is 1. The molecule has 1 aliphatic rings. The molecule has 0 saturated carbocycles. The zero-order valence-electron chi connectivity index (χ0n) is 12.6. The van der Waals surface area contributed by atoms with E-state index in [4.69, 9.17) is 5.73 Å². The van der Waals surface area contributed by atoms with Crippen molar-refractivity contribution in [2.45, 2.75) is 52.6 Å². The summed E-state index contributed by atoms with van der Waals surface area (Å²) in [6.07, 6.45) is 6.82. The van der Waals surface area contributed by atoms with E-state index in [1.54, 1.807) is 6.33 Å². The third-order valence-corrected chi connectivity index (χ3v) is 4.43. The minimum atomic E-state index is 0.181. The van der Waals surface area contributed by atoms with Crippen LogP contribution in [0.25, 0.3) is 0 Å². The maximum Gasteiger partial charge on any atom is 0.0921 e. The second-order valence-corrected chi connectivity index (χ2v) is 6.82. The van der Waals surface area contributed by atoms with E-state index in [0.717, 1.165) is 25.8 Å². The van der Waals surface area contributed by atoms with Gasteiger partial charge in [0, 0.05) is 42.3 Å². The largest absolute Gasteiger partial charge is 0.348 e. The summed E-state index contributed by atoms with van der Waals surface area (Å²) < 4.78 is 2.44. The third-order valence-electron chi connectivity index (χ3n) is 4.43. The van der Waals surface area contributed by atoms with Crippen molar-refractivity contribution in [2.24, 2.45) is 11.1 Å². The number of aromatic amines is 1. The van der Waals surface area contributed by atoms with Gasteiger partial charge in [-0.25, -0.2) is 4.98 Å². The maximum absolute atomic E-state index is 6.37. The Morgan fingerprint density at radius 2 is 2.30 bits per heavy atom. The first-order chi connectivity index (χ1) is 9.46. The summed E-state index contributed by atoms with van der Waals surface area (Å²) in [4.78, 5) is 7.26. The zero-order chi connectivity index (χ0) is 14.3. The summed E-state index contributed by atoms with van der Waals surface area (Å²) in [7, 11) is 0. The maximum atomic E-state index is 6.37. The molecule has 0 amide bonds. The van der Waals surface area contributed by atoms with E-state index in [1.165, 1.54) is 22.6 Å². The molecule has 2 aromatic heterocycles. The number of aryl methyl sites for hydroxylation is 2. The normalized spacial score (nSPS) is 20.9. The minimum absolute atomic E-state index is 0.181. The molecule has 3 rings (SSSR count). The predicted molar refractivity (Wildman–Crippen MR) is 80.5 cm³/mol. The van der Waals surface area contributed by atoms with E-state index in [-0.39, 0.29) is 6.04 Å². The van der Waals surface area contributed by atoms with Gasteiger partial charge in [0.15, 0.2) is 0 Å². The molecule has 0 bridgehead atoms. The Morgan fingerprint density at radius 3 is 3.00 bits per heavy atom. The van der Waals surface area contributed by atoms with E-state index in [1.807, 2.05) is 6.20 Å². The summed E-state index contributed by atoms with van der Waals surface area (Å²) >= 11 is 0. The molecule has 0 radical (unpaired) electrons. The van der Waals surface area contributed by atoms with Gasteiger partial charge in [-0.15, -0.1) is 0 Å². The van der Waals surface area contributed by atoms with Crippen LogP contribution in [0.2, 0.25) is 0 Å². The van der Waals surface area contributed by atoms with E-state index >= 15 is 0 Å². The van der Waals surface area contributed by atoms with E-state index < -0.39 is 0 Å². The van der Waals surface area contributed by atoms with E-state index in [9.17, 15) is 0 Å². The van der Waals surface area contributed by atoms with Gasteiger partial charge in [0.25, 0.3) is 0 Å². The average Bonchev–Trinajstić information content (AvgIpc) is 2.94. The smallest absolute Gasteiger partial charge is 0.0921 e. The fourth-order valence-corrected chi connectivity index (χ4v) is 3.47. The highest BCUT2D eigenvalue weighted by Gasteiger charge is 2.33. The van der Waals surface area contributed by atoms with Gasteiger partial charge >= 0.3 is 0 Å². The third kappa shape index (κ3) is 2.40. The Hall–Kier alpha value is -1.55. The van der Waals surface area contributed by atoms with Crippen LogP contribution in [0.15, 0.2) is 18.6 Å². The summed E-state index contributed by atoms with van der Waals surface area (Å²) in [5.74, 6) is 0. The highest BCUT2D eigenvalue weighted by molar-refractivity contribution is 5.34. The fourth-order valence-electron chi connectivity index (χ4n) is 3.47. The lowest BCUT2D eigenvalue weighted by Gasteiger charge is -2.34. The van der Waals surface area contributed by atoms with Crippen LogP contribution in [0.1, 0.15) is 49.0 Å². The predicted octanol–water partition coefficient (Wildman–Crippen LogP) is 2.73. The van der Waals surface area contributed by atoms with Crippen molar-refractivity contribution < 1.29 is 0 Å². The number of aromatic nitrogens is 3. The fraction of sp³-hybridized carbons (Fsp3) is 0.562. The van der Waals surface area contributed by atoms with Crippen molar-refractivity contribution in [3.05, 3.63) is 41.2 Å². The van der Waals surface area contributed by atoms with Crippen molar-refractivity contribution >= 4 is 0 Å². The van der Waals surface area contributed by atoms with Crippen LogP contribution in [-0.2, 0) is 19.4 Å². The van der Waals surface area contributed by atoms with Gasteiger partial charge in [0.1, 0.15) is 0 Å². The van der Waals surface area contributed by atoms with Crippen LogP contribution in [0.4, 0.5) is 0 Å². The van der Waals surface area contributed by atoms with Crippen LogP contribution >= 0.6 is 0 Å². The minimum Gasteiger partial charge on any atom is -0.348 e. The first-order valence-electron chi connectivity index (χ1n) is 7.38. The molecule has 2 aromatic rings. The lowest BCUT2D eigenvalue weighted by molar-refractivity contribution is 0.275. The van der Waals surface area contributed by atoms with Crippen LogP contribution in [-0.4, -0.2) is 14.5 Å². The lowest BCUT2D eigenvalue weighted by Crippen LogP contribution is -2.30. The number of H-pyrrole nitrogens is 1. The first kappa shape index (κ1) is 13.4. The molecule has 1 aliphatic carbocycles. The van der Waals surface area contributed by atoms with Crippen molar-refractivity contribution in [3.8, 4) is 0 Å². The molecule has 0 fully saturated rings. The van der Waals surface area contributed by atoms with E-state index in [2.05, 4.69) is 41.4 Å². The molecule has 2 heterocycles. The molecule has 0 aliphatic heterocycles. The van der Waals surface area contributed by atoms with Gasteiger partial charge in [0.05, 0.1) is 6.33 Å². The summed E-state index contributed by atoms with van der Waals surface area (Å²) in [5, 5.41) is 0. The van der Waals surface area contributed by atoms with Gasteiger partial charge in [-0.3, -0.25) is 0 Å². The van der Waals surface area contributed by atoms with E-state index in [0.29, 0.717) is 5.41 Å². The monoisotopic (exact) mass is 272 g/mol. The van der Waals surface area contributed by atoms with Gasteiger partial charge in [-0.1, -0.05) is 13.8 Å². The number of nitrogens with zero attached hydrogens (tertiary/aromatic N) is 2. The Kier molecular flexibility index (Phi) is 3.21. The molecular formula is C16H24N4. The van der Waals surface area contributed by atoms with Crippen LogP contribution in [0.5, 0.6) is 0 Å². The SMILES string of the molecule is Cc1cc2c(n1CCc1cnc[nH]1)CC(C)(C)CC2N. The summed E-state index contributed by atoms with van der Waals surface area (Å²) in [6.45, 7) is 7.81. The standard InChI is InChI=1S/C16H24N4/c1-11-6-13-14(17)7-16(2,3)8-15(13)20(11)5-4-12-9-18-10-19-12/h6,9-10,14H,4-5,7-8,17H2,1-3H3,(H,18,19). The van der Waals surface area contributed by atoms with Gasteiger partial charge in [0.2, 0.25) is 0 Å². The number of hydrogen-bond acceptors (Lipinski definition) is 2. The summed E-state index contributed by atoms with van der Waals surface area (Å²) in [6, 6.07) is 2.46. The molecule has 0 aromatic carbocycles. The highest BCUT2D eigenvalue weighted by Crippen LogP contribution is 2.40. The number of hydrogen-bond donors (Lipinski definition) is 2. The molecule has 3 N–H and O–H groups in total. The Labute approximate surface area is 120 Å². The van der Waals surface area contributed by atoms with Gasteiger partial charge in [-0.05, 0) is 36.8 Å². The van der Waals surface area contributed by atoms with Crippen molar-refractivity contribution in [2.75, 3.05) is 0 Å². The Morgan fingerprint density at radius 1 is 1.50 bits per heavy atom. The second-order valence-electron chi connectivity index (χ2n) is 6.82. The van der Waals surface area contributed by atoms with Crippen molar-refractivity contribution in [1.82, 2.24) is 14.5 Å². The van der Waals surface area contributed by atoms with Crippen molar-refractivity contribution in [1.29, 1.82) is 0 Å². The zero-order valence-corrected chi connectivity index (χ0v) is 12.6. The Balaban J connectivity index is 1.88.